The zero-order chi connectivity index (χ0) is 16.3. The van der Waals surface area contributed by atoms with Gasteiger partial charge in [-0.25, -0.2) is 4.79 Å². The van der Waals surface area contributed by atoms with Crippen molar-refractivity contribution in [3.05, 3.63) is 44.6 Å². The molecule has 2 rings (SSSR count). The topological polar surface area (TPSA) is 110 Å². The summed E-state index contributed by atoms with van der Waals surface area (Å²) in [6.45, 7) is 4.36. The quantitative estimate of drug-likeness (QED) is 0.731. The average molecular weight is 304 g/mol. The predicted molar refractivity (Wildman–Crippen MR) is 85.1 cm³/mol. The molecule has 1 atom stereocenters. The Morgan fingerprint density at radius 2 is 2.14 bits per heavy atom. The van der Waals surface area contributed by atoms with E-state index in [0.29, 0.717) is 36.0 Å². The monoisotopic (exact) mass is 304 g/mol. The van der Waals surface area contributed by atoms with Crippen LogP contribution in [0.4, 0.5) is 0 Å². The van der Waals surface area contributed by atoms with E-state index < -0.39 is 5.69 Å². The van der Waals surface area contributed by atoms with E-state index >= 15 is 0 Å². The van der Waals surface area contributed by atoms with Gasteiger partial charge in [0.1, 0.15) is 0 Å². The van der Waals surface area contributed by atoms with Gasteiger partial charge in [0.2, 0.25) is 0 Å². The molecule has 22 heavy (non-hydrogen) atoms. The highest BCUT2D eigenvalue weighted by atomic mass is 16.2. The van der Waals surface area contributed by atoms with Crippen LogP contribution in [0.1, 0.15) is 30.6 Å². The molecular formula is C15H20N4O3. The molecular weight excluding hydrogens is 284 g/mol. The van der Waals surface area contributed by atoms with Crippen molar-refractivity contribution < 1.29 is 4.79 Å². The second-order valence-electron chi connectivity index (χ2n) is 5.26. The highest BCUT2D eigenvalue weighted by molar-refractivity contribution is 5.97. The van der Waals surface area contributed by atoms with Gasteiger partial charge in [0.05, 0.1) is 10.9 Å². The minimum atomic E-state index is -0.477. The van der Waals surface area contributed by atoms with Gasteiger partial charge in [-0.05, 0) is 38.5 Å². The van der Waals surface area contributed by atoms with Crippen molar-refractivity contribution in [2.24, 2.45) is 5.73 Å². The van der Waals surface area contributed by atoms with E-state index in [1.807, 2.05) is 6.92 Å². The minimum Gasteiger partial charge on any atom is -0.352 e. The number of nitrogens with two attached hydrogens (primary N) is 1. The largest absolute Gasteiger partial charge is 0.352 e. The molecule has 0 aliphatic rings. The Labute approximate surface area is 127 Å². The van der Waals surface area contributed by atoms with Gasteiger partial charge in [0.15, 0.2) is 0 Å². The number of aromatic nitrogens is 2. The Bertz CT molecular complexity index is 805. The first kappa shape index (κ1) is 16.0. The smallest absolute Gasteiger partial charge is 0.328 e. The zero-order valence-electron chi connectivity index (χ0n) is 12.7. The molecule has 1 amide bonds. The standard InChI is InChI=1S/C15H20N4O3/c1-3-19-14(21)11-5-4-10(8-12(11)18-15(19)22)13(20)17-7-6-9(2)16/h4-5,8-9H,3,6-7,16H2,1-2H3,(H,17,20)(H,18,22). The van der Waals surface area contributed by atoms with Crippen LogP contribution in [0.2, 0.25) is 0 Å². The maximum Gasteiger partial charge on any atom is 0.328 e. The van der Waals surface area contributed by atoms with Crippen LogP contribution in [0.3, 0.4) is 0 Å². The number of fused-ring (bicyclic) bond motifs is 1. The number of rotatable bonds is 5. The highest BCUT2D eigenvalue weighted by Gasteiger charge is 2.10. The lowest BCUT2D eigenvalue weighted by atomic mass is 10.1. The summed E-state index contributed by atoms with van der Waals surface area (Å²) < 4.78 is 1.12. The Kier molecular flexibility index (Phi) is 4.77. The Balaban J connectivity index is 2.33. The van der Waals surface area contributed by atoms with Gasteiger partial charge in [0, 0.05) is 24.7 Å². The number of hydrogen-bond acceptors (Lipinski definition) is 4. The lowest BCUT2D eigenvalue weighted by Gasteiger charge is -2.08. The van der Waals surface area contributed by atoms with E-state index in [1.54, 1.807) is 19.1 Å². The number of H-pyrrole nitrogens is 1. The first-order valence-electron chi connectivity index (χ1n) is 7.24. The first-order valence-corrected chi connectivity index (χ1v) is 7.24. The zero-order valence-corrected chi connectivity index (χ0v) is 12.7. The molecule has 4 N–H and O–H groups in total. The summed E-state index contributed by atoms with van der Waals surface area (Å²) in [6, 6.07) is 4.66. The number of aromatic amines is 1. The van der Waals surface area contributed by atoms with Crippen LogP contribution in [-0.4, -0.2) is 28.0 Å². The third kappa shape index (κ3) is 3.25. The summed E-state index contributed by atoms with van der Waals surface area (Å²) in [6.07, 6.45) is 0.678. The average Bonchev–Trinajstić information content (AvgIpc) is 2.46. The molecule has 0 radical (unpaired) electrons. The molecule has 1 unspecified atom stereocenters. The van der Waals surface area contributed by atoms with Gasteiger partial charge in [-0.2, -0.15) is 0 Å². The fourth-order valence-electron chi connectivity index (χ4n) is 2.20. The van der Waals surface area contributed by atoms with E-state index in [2.05, 4.69) is 10.3 Å². The van der Waals surface area contributed by atoms with Gasteiger partial charge in [-0.1, -0.05) is 0 Å². The molecule has 1 aromatic carbocycles. The van der Waals surface area contributed by atoms with Gasteiger partial charge in [-0.3, -0.25) is 14.2 Å². The fraction of sp³-hybridized carbons (Fsp3) is 0.400. The van der Waals surface area contributed by atoms with Crippen LogP contribution in [-0.2, 0) is 6.54 Å². The molecule has 0 fully saturated rings. The summed E-state index contributed by atoms with van der Waals surface area (Å²) in [5.74, 6) is -0.261. The second kappa shape index (κ2) is 6.57. The maximum absolute atomic E-state index is 12.1. The van der Waals surface area contributed by atoms with Crippen molar-refractivity contribution in [1.29, 1.82) is 0 Å². The number of carbonyl (C=O) groups excluding carboxylic acids is 1. The lowest BCUT2D eigenvalue weighted by Crippen LogP contribution is -2.34. The van der Waals surface area contributed by atoms with Gasteiger partial charge >= 0.3 is 5.69 Å². The van der Waals surface area contributed by atoms with Crippen LogP contribution >= 0.6 is 0 Å². The number of nitrogens with one attached hydrogen (secondary N) is 2. The summed E-state index contributed by atoms with van der Waals surface area (Å²) >= 11 is 0. The molecule has 2 aromatic rings. The molecule has 1 aromatic heterocycles. The van der Waals surface area contributed by atoms with E-state index in [0.717, 1.165) is 4.57 Å². The SMILES string of the molecule is CCn1c(=O)[nH]c2cc(C(=O)NCCC(C)N)ccc2c1=O. The minimum absolute atomic E-state index is 0.0146. The van der Waals surface area contributed by atoms with Crippen LogP contribution in [0.15, 0.2) is 27.8 Å². The molecule has 0 aliphatic carbocycles. The van der Waals surface area contributed by atoms with E-state index in [9.17, 15) is 14.4 Å². The van der Waals surface area contributed by atoms with E-state index in [1.165, 1.54) is 6.07 Å². The Hall–Kier alpha value is -2.41. The molecule has 7 nitrogen and oxygen atoms in total. The van der Waals surface area contributed by atoms with Crippen molar-refractivity contribution in [3.63, 3.8) is 0 Å². The van der Waals surface area contributed by atoms with Crippen LogP contribution in [0, 0.1) is 0 Å². The second-order valence-corrected chi connectivity index (χ2v) is 5.26. The number of hydrogen-bond donors (Lipinski definition) is 3. The van der Waals surface area contributed by atoms with Crippen molar-refractivity contribution in [2.75, 3.05) is 6.54 Å². The van der Waals surface area contributed by atoms with E-state index in [4.69, 9.17) is 5.73 Å². The summed E-state index contributed by atoms with van der Waals surface area (Å²) in [5, 5.41) is 3.14. The van der Waals surface area contributed by atoms with Crippen molar-refractivity contribution >= 4 is 16.8 Å². The normalized spacial score (nSPS) is 12.3. The molecule has 118 valence electrons. The third-order valence-electron chi connectivity index (χ3n) is 3.45. The summed E-state index contributed by atoms with van der Waals surface area (Å²) in [7, 11) is 0. The van der Waals surface area contributed by atoms with Gasteiger partial charge in [0.25, 0.3) is 11.5 Å². The number of carbonyl (C=O) groups is 1. The molecule has 0 aliphatic heterocycles. The van der Waals surface area contributed by atoms with Gasteiger partial charge in [-0.15, -0.1) is 0 Å². The third-order valence-corrected chi connectivity index (χ3v) is 3.45. The van der Waals surface area contributed by atoms with E-state index in [-0.39, 0.29) is 17.5 Å². The first-order chi connectivity index (χ1) is 10.4. The Morgan fingerprint density at radius 3 is 2.77 bits per heavy atom. The number of benzene rings is 1. The molecule has 0 saturated heterocycles. The summed E-state index contributed by atoms with van der Waals surface area (Å²) in [5.41, 5.74) is 5.54. The molecule has 0 bridgehead atoms. The predicted octanol–water partition coefficient (Wildman–Crippen LogP) is 0.177. The van der Waals surface area contributed by atoms with Crippen molar-refractivity contribution in [2.45, 2.75) is 32.9 Å². The van der Waals surface area contributed by atoms with Crippen molar-refractivity contribution in [3.8, 4) is 0 Å². The van der Waals surface area contributed by atoms with Crippen molar-refractivity contribution in [1.82, 2.24) is 14.9 Å². The number of nitrogens with zero attached hydrogens (tertiary/aromatic N) is 1. The summed E-state index contributed by atoms with van der Waals surface area (Å²) in [4.78, 5) is 38.6. The highest BCUT2D eigenvalue weighted by Crippen LogP contribution is 2.09. The van der Waals surface area contributed by atoms with Gasteiger partial charge < -0.3 is 16.0 Å². The molecule has 1 heterocycles. The fourth-order valence-corrected chi connectivity index (χ4v) is 2.20. The Morgan fingerprint density at radius 1 is 1.41 bits per heavy atom. The lowest BCUT2D eigenvalue weighted by molar-refractivity contribution is 0.0953. The van der Waals surface area contributed by atoms with Crippen LogP contribution < -0.4 is 22.3 Å². The van der Waals surface area contributed by atoms with Crippen LogP contribution in [0.5, 0.6) is 0 Å². The number of amides is 1. The molecule has 0 spiro atoms. The maximum atomic E-state index is 12.1. The molecule has 0 saturated carbocycles. The molecule has 7 heteroatoms. The van der Waals surface area contributed by atoms with Crippen LogP contribution in [0.25, 0.3) is 10.9 Å².